The highest BCUT2D eigenvalue weighted by atomic mass is 16.5. The van der Waals surface area contributed by atoms with Gasteiger partial charge in [-0.1, -0.05) is 61.4 Å². The molecule has 0 aliphatic heterocycles. The van der Waals surface area contributed by atoms with Crippen LogP contribution in [0.3, 0.4) is 0 Å². The van der Waals surface area contributed by atoms with Crippen molar-refractivity contribution >= 4 is 11.8 Å². The number of benzene rings is 1. The Kier molecular flexibility index (Phi) is 9.55. The summed E-state index contributed by atoms with van der Waals surface area (Å²) in [6.45, 7) is 1.68. The summed E-state index contributed by atoms with van der Waals surface area (Å²) in [7, 11) is 1.39. The summed E-state index contributed by atoms with van der Waals surface area (Å²) in [5.74, 6) is 5.11. The summed E-state index contributed by atoms with van der Waals surface area (Å²) >= 11 is 0. The minimum Gasteiger partial charge on any atom is -0.469 e. The lowest BCUT2D eigenvalue weighted by molar-refractivity contribution is -0.140. The van der Waals surface area contributed by atoms with Gasteiger partial charge in [0.2, 0.25) is 0 Å². The molecule has 1 aromatic rings. The van der Waals surface area contributed by atoms with Gasteiger partial charge in [-0.2, -0.15) is 0 Å². The first-order chi connectivity index (χ1) is 14.3. The zero-order chi connectivity index (χ0) is 22.0. The van der Waals surface area contributed by atoms with Gasteiger partial charge >= 0.3 is 5.97 Å². The number of aliphatic hydroxyl groups excluding tert-OH is 1. The van der Waals surface area contributed by atoms with Crippen molar-refractivity contribution in [2.75, 3.05) is 7.11 Å². The van der Waals surface area contributed by atoms with E-state index in [4.69, 9.17) is 0 Å². The van der Waals surface area contributed by atoms with Crippen molar-refractivity contribution in [2.24, 2.45) is 11.8 Å². The van der Waals surface area contributed by atoms with E-state index in [2.05, 4.69) is 16.6 Å². The lowest BCUT2D eigenvalue weighted by atomic mass is 9.88. The third-order valence-electron chi connectivity index (χ3n) is 5.80. The van der Waals surface area contributed by atoms with Gasteiger partial charge in [-0.3, -0.25) is 9.59 Å². The second-order valence-electron chi connectivity index (χ2n) is 8.43. The zero-order valence-corrected chi connectivity index (χ0v) is 18.1. The van der Waals surface area contributed by atoms with Crippen LogP contribution >= 0.6 is 0 Å². The molecule has 0 aromatic heterocycles. The van der Waals surface area contributed by atoms with Crippen molar-refractivity contribution in [2.45, 2.75) is 76.4 Å². The number of ketones is 1. The summed E-state index contributed by atoms with van der Waals surface area (Å²) in [6.07, 6.45) is 5.14. The standard InChI is InChI=1S/C25H34O5/c1-25(29,16-14-19-10-6-5-7-11-19)17-15-21-20(22(26)18-23(21)27)12-8-3-4-9-13-24(28)30-2/h5-7,10-11,20-21,23,27,29H,3-4,8-9,12-14,16,18H2,1-2H3/t20-,21-,23+,25?/m1/s1. The molecule has 1 unspecified atom stereocenters. The average molecular weight is 415 g/mol. The molecular formula is C25H34O5. The Balaban J connectivity index is 1.85. The number of rotatable bonds is 10. The third kappa shape index (κ3) is 7.93. The Labute approximate surface area is 179 Å². The van der Waals surface area contributed by atoms with E-state index >= 15 is 0 Å². The van der Waals surface area contributed by atoms with Gasteiger partial charge in [0.05, 0.1) is 19.1 Å². The van der Waals surface area contributed by atoms with E-state index in [1.165, 1.54) is 7.11 Å². The fraction of sp³-hybridized carbons (Fsp3) is 0.600. The number of methoxy groups -OCH3 is 1. The first-order valence-corrected chi connectivity index (χ1v) is 10.9. The van der Waals surface area contributed by atoms with Gasteiger partial charge < -0.3 is 14.9 Å². The van der Waals surface area contributed by atoms with Crippen LogP contribution in [-0.4, -0.2) is 40.8 Å². The Morgan fingerprint density at radius 1 is 1.20 bits per heavy atom. The third-order valence-corrected chi connectivity index (χ3v) is 5.80. The number of carbonyl (C=O) groups excluding carboxylic acids is 2. The van der Waals surface area contributed by atoms with Crippen LogP contribution in [0.1, 0.15) is 63.9 Å². The molecule has 5 nitrogen and oxygen atoms in total. The van der Waals surface area contributed by atoms with Crippen molar-refractivity contribution in [3.63, 3.8) is 0 Å². The lowest BCUT2D eigenvalue weighted by Crippen LogP contribution is -2.25. The van der Waals surface area contributed by atoms with Crippen LogP contribution in [0.25, 0.3) is 0 Å². The van der Waals surface area contributed by atoms with E-state index < -0.39 is 17.6 Å². The summed E-state index contributed by atoms with van der Waals surface area (Å²) in [5, 5.41) is 20.9. The highest BCUT2D eigenvalue weighted by Crippen LogP contribution is 2.33. The second kappa shape index (κ2) is 11.9. The fourth-order valence-electron chi connectivity index (χ4n) is 3.91. The van der Waals surface area contributed by atoms with Gasteiger partial charge in [0.15, 0.2) is 0 Å². The van der Waals surface area contributed by atoms with E-state index in [1.807, 2.05) is 30.3 Å². The van der Waals surface area contributed by atoms with Crippen LogP contribution in [0.15, 0.2) is 30.3 Å². The quantitative estimate of drug-likeness (QED) is 0.348. The molecule has 1 aromatic carbocycles. The minimum absolute atomic E-state index is 0.0558. The predicted octanol–water partition coefficient (Wildman–Crippen LogP) is 3.45. The summed E-state index contributed by atoms with van der Waals surface area (Å²) in [5.41, 5.74) is -0.0275. The first-order valence-electron chi connectivity index (χ1n) is 10.9. The Morgan fingerprint density at radius 3 is 2.60 bits per heavy atom. The van der Waals surface area contributed by atoms with E-state index in [-0.39, 0.29) is 24.1 Å². The summed E-state index contributed by atoms with van der Waals surface area (Å²) < 4.78 is 4.63. The van der Waals surface area contributed by atoms with E-state index in [1.54, 1.807) is 6.92 Å². The number of carbonyl (C=O) groups is 2. The van der Waals surface area contributed by atoms with Crippen molar-refractivity contribution < 1.29 is 24.5 Å². The number of Topliss-reactive ketones (excluding diaryl/α,β-unsaturated/α-hetero) is 1. The van der Waals surface area contributed by atoms with Crippen LogP contribution in [0.5, 0.6) is 0 Å². The van der Waals surface area contributed by atoms with Crippen molar-refractivity contribution in [1.29, 1.82) is 0 Å². The molecule has 0 radical (unpaired) electrons. The molecule has 30 heavy (non-hydrogen) atoms. The zero-order valence-electron chi connectivity index (χ0n) is 18.1. The number of aliphatic hydroxyl groups is 2. The van der Waals surface area contributed by atoms with Crippen molar-refractivity contribution in [3.05, 3.63) is 35.9 Å². The number of esters is 1. The normalized spacial score (nSPS) is 22.8. The number of aryl methyl sites for hydroxylation is 1. The van der Waals surface area contributed by atoms with Crippen LogP contribution in [0.4, 0.5) is 0 Å². The number of hydrogen-bond acceptors (Lipinski definition) is 5. The molecule has 1 aliphatic rings. The largest absolute Gasteiger partial charge is 0.469 e. The molecule has 0 amide bonds. The Hall–Kier alpha value is -2.16. The molecule has 1 fully saturated rings. The Bertz CT molecular complexity index is 744. The van der Waals surface area contributed by atoms with Gasteiger partial charge in [0.1, 0.15) is 11.4 Å². The molecule has 1 saturated carbocycles. The highest BCUT2D eigenvalue weighted by Gasteiger charge is 2.40. The molecule has 2 rings (SSSR count). The molecule has 2 N–H and O–H groups in total. The molecule has 4 atom stereocenters. The maximum absolute atomic E-state index is 12.3. The highest BCUT2D eigenvalue weighted by molar-refractivity contribution is 5.85. The minimum atomic E-state index is -1.17. The summed E-state index contributed by atoms with van der Waals surface area (Å²) in [6, 6.07) is 9.93. The van der Waals surface area contributed by atoms with Crippen molar-refractivity contribution in [1.82, 2.24) is 0 Å². The van der Waals surface area contributed by atoms with E-state index in [0.717, 1.165) is 31.2 Å². The molecule has 0 saturated heterocycles. The van der Waals surface area contributed by atoms with Gasteiger partial charge in [0, 0.05) is 18.8 Å². The van der Waals surface area contributed by atoms with Gasteiger partial charge in [0.25, 0.3) is 0 Å². The van der Waals surface area contributed by atoms with Gasteiger partial charge in [-0.25, -0.2) is 0 Å². The molecule has 164 valence electrons. The molecule has 0 bridgehead atoms. The van der Waals surface area contributed by atoms with Gasteiger partial charge in [-0.05, 0) is 38.2 Å². The SMILES string of the molecule is COC(=O)CCCCCC[C@H]1C(=O)C[C@H](O)[C@@H]1C#CC(C)(O)CCc1ccccc1. The maximum Gasteiger partial charge on any atom is 0.305 e. The number of ether oxygens (including phenoxy) is 1. The Morgan fingerprint density at radius 2 is 1.90 bits per heavy atom. The molecule has 5 heteroatoms. The number of unbranched alkanes of at least 4 members (excludes halogenated alkanes) is 3. The van der Waals surface area contributed by atoms with Crippen molar-refractivity contribution in [3.8, 4) is 11.8 Å². The van der Waals surface area contributed by atoms with Crippen LogP contribution in [-0.2, 0) is 20.7 Å². The maximum atomic E-state index is 12.3. The molecule has 0 spiro atoms. The lowest BCUT2D eigenvalue weighted by Gasteiger charge is -2.19. The molecular weight excluding hydrogens is 380 g/mol. The fourth-order valence-corrected chi connectivity index (χ4v) is 3.91. The number of hydrogen-bond donors (Lipinski definition) is 2. The van der Waals surface area contributed by atoms with Crippen LogP contribution in [0, 0.1) is 23.7 Å². The summed E-state index contributed by atoms with van der Waals surface area (Å²) in [4.78, 5) is 23.5. The monoisotopic (exact) mass is 414 g/mol. The first kappa shape index (κ1) is 24.1. The molecule has 0 heterocycles. The average Bonchev–Trinajstić information content (AvgIpc) is 3.00. The smallest absolute Gasteiger partial charge is 0.305 e. The van der Waals surface area contributed by atoms with Crippen LogP contribution in [0.2, 0.25) is 0 Å². The predicted molar refractivity (Wildman–Crippen MR) is 115 cm³/mol. The van der Waals surface area contributed by atoms with Gasteiger partial charge in [-0.15, -0.1) is 0 Å². The van der Waals surface area contributed by atoms with E-state index in [9.17, 15) is 19.8 Å². The van der Waals surface area contributed by atoms with Crippen LogP contribution < -0.4 is 0 Å². The topological polar surface area (TPSA) is 83.8 Å². The molecule has 1 aliphatic carbocycles. The second-order valence-corrected chi connectivity index (χ2v) is 8.43. The van der Waals surface area contributed by atoms with E-state index in [0.29, 0.717) is 25.7 Å².